The zero-order valence-electron chi connectivity index (χ0n) is 20.9. The van der Waals surface area contributed by atoms with Crippen molar-refractivity contribution in [2.75, 3.05) is 33.4 Å². The normalized spacial score (nSPS) is 39.6. The molecule has 0 aliphatic heterocycles. The molecule has 0 spiro atoms. The van der Waals surface area contributed by atoms with Gasteiger partial charge < -0.3 is 24.6 Å². The summed E-state index contributed by atoms with van der Waals surface area (Å²) in [4.78, 5) is 14.4. The number of aliphatic hydroxyl groups is 2. The van der Waals surface area contributed by atoms with E-state index in [1.807, 2.05) is 6.92 Å². The Hall–Kier alpha value is -1.37. The number of hydrogen-bond donors (Lipinski definition) is 2. The van der Waals surface area contributed by atoms with Gasteiger partial charge in [0.25, 0.3) is 0 Å². The van der Waals surface area contributed by atoms with E-state index in [1.165, 1.54) is 11.1 Å². The van der Waals surface area contributed by atoms with E-state index in [4.69, 9.17) is 9.47 Å². The average molecular weight is 462 g/mol. The number of carbonyl (C=O) groups is 1. The molecule has 6 nitrogen and oxygen atoms in total. The Morgan fingerprint density at radius 1 is 1.15 bits per heavy atom. The fourth-order valence-electron chi connectivity index (χ4n) is 7.52. The van der Waals surface area contributed by atoms with Crippen molar-refractivity contribution < 1.29 is 24.5 Å². The molecule has 3 saturated carbocycles. The Labute approximate surface area is 199 Å². The largest absolute Gasteiger partial charge is 0.450 e. The zero-order chi connectivity index (χ0) is 23.9. The number of amides is 1. The van der Waals surface area contributed by atoms with Crippen LogP contribution in [0.2, 0.25) is 0 Å². The second-order valence-corrected chi connectivity index (χ2v) is 11.3. The predicted molar refractivity (Wildman–Crippen MR) is 128 cm³/mol. The number of aliphatic hydroxyl groups excluding tert-OH is 1. The van der Waals surface area contributed by atoms with Crippen molar-refractivity contribution in [3.8, 4) is 0 Å². The predicted octanol–water partition coefficient (Wildman–Crippen LogP) is 4.46. The summed E-state index contributed by atoms with van der Waals surface area (Å²) in [7, 11) is 1.66. The van der Waals surface area contributed by atoms with Crippen LogP contribution in [-0.2, 0) is 9.47 Å². The molecular formula is C27H43NO5. The van der Waals surface area contributed by atoms with Gasteiger partial charge in [-0.3, -0.25) is 0 Å². The zero-order valence-corrected chi connectivity index (χ0v) is 20.9. The lowest BCUT2D eigenvalue weighted by atomic mass is 9.50. The molecule has 0 aromatic heterocycles. The van der Waals surface area contributed by atoms with Crippen LogP contribution >= 0.6 is 0 Å². The number of fused-ring (bicyclic) bond motifs is 5. The SMILES string of the molecule is CCOC(=O)N(CCCOC)CC1(O)CCC2C3=CC=C4CC(O)CCC4(C)C3CCC21C. The molecule has 33 heavy (non-hydrogen) atoms. The Morgan fingerprint density at radius 2 is 1.91 bits per heavy atom. The summed E-state index contributed by atoms with van der Waals surface area (Å²) in [6.45, 7) is 8.19. The highest BCUT2D eigenvalue weighted by atomic mass is 16.6. The third-order valence-electron chi connectivity index (χ3n) is 9.62. The fraction of sp³-hybridized carbons (Fsp3) is 0.815. The van der Waals surface area contributed by atoms with Gasteiger partial charge in [0.15, 0.2) is 0 Å². The molecule has 6 unspecified atom stereocenters. The van der Waals surface area contributed by atoms with Crippen molar-refractivity contribution in [2.24, 2.45) is 22.7 Å². The Morgan fingerprint density at radius 3 is 2.64 bits per heavy atom. The van der Waals surface area contributed by atoms with Gasteiger partial charge in [0, 0.05) is 25.7 Å². The van der Waals surface area contributed by atoms with E-state index in [9.17, 15) is 15.0 Å². The average Bonchev–Trinajstić information content (AvgIpc) is 3.04. The van der Waals surface area contributed by atoms with Gasteiger partial charge in [0.2, 0.25) is 0 Å². The van der Waals surface area contributed by atoms with Crippen molar-refractivity contribution in [1.82, 2.24) is 4.90 Å². The van der Waals surface area contributed by atoms with Crippen molar-refractivity contribution in [3.63, 3.8) is 0 Å². The van der Waals surface area contributed by atoms with Gasteiger partial charge in [-0.05, 0) is 75.5 Å². The quantitative estimate of drug-likeness (QED) is 0.548. The summed E-state index contributed by atoms with van der Waals surface area (Å²) in [5.41, 5.74) is 1.82. The summed E-state index contributed by atoms with van der Waals surface area (Å²) in [5, 5.41) is 22.3. The van der Waals surface area contributed by atoms with Crippen LogP contribution < -0.4 is 0 Å². The number of ether oxygens (including phenoxy) is 2. The molecule has 0 saturated heterocycles. The first-order valence-corrected chi connectivity index (χ1v) is 12.9. The Kier molecular flexibility index (Phi) is 7.01. The van der Waals surface area contributed by atoms with E-state index in [2.05, 4.69) is 26.0 Å². The number of methoxy groups -OCH3 is 1. The second kappa shape index (κ2) is 9.35. The first-order chi connectivity index (χ1) is 15.7. The van der Waals surface area contributed by atoms with Crippen LogP contribution in [0.15, 0.2) is 23.3 Å². The van der Waals surface area contributed by atoms with Crippen LogP contribution in [0.5, 0.6) is 0 Å². The number of nitrogens with zero attached hydrogens (tertiary/aromatic N) is 1. The highest BCUT2D eigenvalue weighted by Crippen LogP contribution is 2.66. The molecule has 0 bridgehead atoms. The smallest absolute Gasteiger partial charge is 0.409 e. The monoisotopic (exact) mass is 461 g/mol. The van der Waals surface area contributed by atoms with Gasteiger partial charge in [0.1, 0.15) is 0 Å². The van der Waals surface area contributed by atoms with E-state index in [-0.39, 0.29) is 23.0 Å². The molecule has 2 N–H and O–H groups in total. The minimum absolute atomic E-state index is 0.127. The first-order valence-electron chi connectivity index (χ1n) is 12.9. The third kappa shape index (κ3) is 4.17. The summed E-state index contributed by atoms with van der Waals surface area (Å²) < 4.78 is 10.5. The third-order valence-corrected chi connectivity index (χ3v) is 9.62. The van der Waals surface area contributed by atoms with Gasteiger partial charge in [-0.2, -0.15) is 0 Å². The lowest BCUT2D eigenvalue weighted by molar-refractivity contribution is -0.0996. The van der Waals surface area contributed by atoms with Gasteiger partial charge in [-0.15, -0.1) is 0 Å². The van der Waals surface area contributed by atoms with E-state index < -0.39 is 5.60 Å². The molecule has 0 heterocycles. The maximum absolute atomic E-state index is 12.7. The van der Waals surface area contributed by atoms with E-state index in [0.29, 0.717) is 44.6 Å². The molecule has 6 atom stereocenters. The van der Waals surface area contributed by atoms with Gasteiger partial charge >= 0.3 is 6.09 Å². The van der Waals surface area contributed by atoms with Crippen LogP contribution in [0.1, 0.15) is 72.1 Å². The molecule has 4 aliphatic rings. The second-order valence-electron chi connectivity index (χ2n) is 11.3. The number of carbonyl (C=O) groups excluding carboxylic acids is 1. The molecule has 4 aliphatic carbocycles. The first kappa shape index (κ1) is 24.7. The van der Waals surface area contributed by atoms with Crippen molar-refractivity contribution in [1.29, 1.82) is 0 Å². The molecule has 3 fully saturated rings. The lowest BCUT2D eigenvalue weighted by Crippen LogP contribution is -2.57. The highest BCUT2D eigenvalue weighted by molar-refractivity contribution is 5.67. The lowest BCUT2D eigenvalue weighted by Gasteiger charge is -2.56. The van der Waals surface area contributed by atoms with Crippen LogP contribution in [-0.4, -0.2) is 66.3 Å². The van der Waals surface area contributed by atoms with Crippen molar-refractivity contribution in [3.05, 3.63) is 23.3 Å². The molecular weight excluding hydrogens is 418 g/mol. The van der Waals surface area contributed by atoms with Crippen molar-refractivity contribution >= 4 is 6.09 Å². The fourth-order valence-corrected chi connectivity index (χ4v) is 7.52. The molecule has 0 aromatic carbocycles. The maximum atomic E-state index is 12.7. The van der Waals surface area contributed by atoms with Gasteiger partial charge in [0.05, 0.1) is 24.9 Å². The van der Waals surface area contributed by atoms with Crippen LogP contribution in [0.25, 0.3) is 0 Å². The molecule has 0 radical (unpaired) electrons. The maximum Gasteiger partial charge on any atom is 0.409 e. The number of rotatable bonds is 7. The molecule has 1 amide bonds. The van der Waals surface area contributed by atoms with E-state index >= 15 is 0 Å². The molecule has 4 rings (SSSR count). The summed E-state index contributed by atoms with van der Waals surface area (Å²) in [6.07, 6.45) is 11.1. The van der Waals surface area contributed by atoms with E-state index in [1.54, 1.807) is 12.0 Å². The Bertz CT molecular complexity index is 808. The standard InChI is InChI=1S/C27H43NO5/c1-5-33-24(30)28(15-6-16-32-4)18-27(31)14-11-23-21-8-7-19-17-20(29)9-12-25(19,2)22(21)10-13-26(23,27)3/h7-8,20,22-23,29,31H,5-6,9-18H2,1-4H3. The highest BCUT2D eigenvalue weighted by Gasteiger charge is 2.62. The minimum Gasteiger partial charge on any atom is -0.450 e. The number of allylic oxidation sites excluding steroid dienone is 3. The number of hydrogen-bond acceptors (Lipinski definition) is 5. The van der Waals surface area contributed by atoms with Crippen LogP contribution in [0.4, 0.5) is 4.79 Å². The van der Waals surface area contributed by atoms with Crippen molar-refractivity contribution in [2.45, 2.75) is 83.8 Å². The summed E-state index contributed by atoms with van der Waals surface area (Å²) >= 11 is 0. The topological polar surface area (TPSA) is 79.2 Å². The minimum atomic E-state index is -0.934. The molecule has 186 valence electrons. The van der Waals surface area contributed by atoms with Gasteiger partial charge in [-0.25, -0.2) is 4.79 Å². The van der Waals surface area contributed by atoms with Crippen LogP contribution in [0, 0.1) is 22.7 Å². The Balaban J connectivity index is 1.57. The summed E-state index contributed by atoms with van der Waals surface area (Å²) in [5.74, 6) is 0.819. The molecule has 6 heteroatoms. The van der Waals surface area contributed by atoms with Crippen LogP contribution in [0.3, 0.4) is 0 Å². The molecule has 0 aromatic rings. The summed E-state index contributed by atoms with van der Waals surface area (Å²) in [6, 6.07) is 0. The van der Waals surface area contributed by atoms with Gasteiger partial charge in [-0.1, -0.05) is 37.1 Å². The van der Waals surface area contributed by atoms with E-state index in [0.717, 1.165) is 44.9 Å².